The summed E-state index contributed by atoms with van der Waals surface area (Å²) in [4.78, 5) is 48.5. The molecule has 1 atom stereocenters. The van der Waals surface area contributed by atoms with Crippen molar-refractivity contribution in [1.29, 1.82) is 0 Å². The minimum absolute atomic E-state index is 0.142. The molecule has 164 valence electrons. The van der Waals surface area contributed by atoms with Crippen molar-refractivity contribution in [3.63, 3.8) is 0 Å². The number of hydrogen-bond donors (Lipinski definition) is 3. The Morgan fingerprint density at radius 1 is 0.935 bits per heavy atom. The molecule has 0 unspecified atom stereocenters. The number of rotatable bonds is 8. The number of aryl methyl sites for hydroxylation is 1. The summed E-state index contributed by atoms with van der Waals surface area (Å²) in [5.74, 6) is -1.81. The minimum Gasteiger partial charge on any atom is -0.468 e. The number of hydrogen-bond acceptors (Lipinski definition) is 5. The predicted octanol–water partition coefficient (Wildman–Crippen LogP) is 2.29. The van der Waals surface area contributed by atoms with Crippen molar-refractivity contribution in [3.8, 4) is 0 Å². The summed E-state index contributed by atoms with van der Waals surface area (Å²) in [6, 6.07) is 12.6. The molecule has 3 N–H and O–H groups in total. The molecule has 0 saturated carbocycles. The zero-order chi connectivity index (χ0) is 23.0. The summed E-state index contributed by atoms with van der Waals surface area (Å²) in [5.41, 5.74) is 2.15. The molecule has 2 aromatic rings. The lowest BCUT2D eigenvalue weighted by Gasteiger charge is -2.22. The smallest absolute Gasteiger partial charge is 0.325 e. The van der Waals surface area contributed by atoms with E-state index in [0.717, 1.165) is 5.56 Å². The minimum atomic E-state index is -0.741. The lowest BCUT2D eigenvalue weighted by molar-refractivity contribution is -0.139. The average Bonchev–Trinajstić information content (AvgIpc) is 2.75. The zero-order valence-electron chi connectivity index (χ0n) is 18.0. The van der Waals surface area contributed by atoms with Gasteiger partial charge < -0.3 is 20.7 Å². The highest BCUT2D eigenvalue weighted by atomic mass is 16.5. The van der Waals surface area contributed by atoms with Crippen molar-refractivity contribution in [1.82, 2.24) is 10.6 Å². The number of carbonyl (C=O) groups excluding carboxylic acids is 4. The summed E-state index contributed by atoms with van der Waals surface area (Å²) in [6.45, 7) is 5.29. The normalized spacial score (nSPS) is 11.4. The van der Waals surface area contributed by atoms with Crippen LogP contribution in [-0.2, 0) is 14.3 Å². The van der Waals surface area contributed by atoms with Gasteiger partial charge in [-0.1, -0.05) is 32.0 Å². The van der Waals surface area contributed by atoms with Gasteiger partial charge in [-0.3, -0.25) is 19.2 Å². The lowest BCUT2D eigenvalue weighted by Crippen LogP contribution is -2.47. The first-order chi connectivity index (χ1) is 14.7. The standard InChI is InChI=1S/C23H27N3O5/c1-14(2)20(26-22(29)18-8-6-5-7-15(18)3)23(30)25-17-11-9-16(10-12-17)21(28)24-13-19(27)31-4/h5-12,14,20H,13H2,1-4H3,(H,24,28)(H,25,30)(H,26,29)/t20-/m0/s1. The zero-order valence-corrected chi connectivity index (χ0v) is 18.0. The van der Waals surface area contributed by atoms with E-state index in [0.29, 0.717) is 16.8 Å². The maximum Gasteiger partial charge on any atom is 0.325 e. The second-order valence-electron chi connectivity index (χ2n) is 7.34. The predicted molar refractivity (Wildman–Crippen MR) is 117 cm³/mol. The van der Waals surface area contributed by atoms with Crippen LogP contribution < -0.4 is 16.0 Å². The molecule has 8 nitrogen and oxygen atoms in total. The van der Waals surface area contributed by atoms with E-state index >= 15 is 0 Å². The van der Waals surface area contributed by atoms with Gasteiger partial charge in [-0.2, -0.15) is 0 Å². The molecule has 0 heterocycles. The Balaban J connectivity index is 2.02. The van der Waals surface area contributed by atoms with Gasteiger partial charge in [0.1, 0.15) is 12.6 Å². The van der Waals surface area contributed by atoms with E-state index in [2.05, 4.69) is 20.7 Å². The van der Waals surface area contributed by atoms with E-state index in [9.17, 15) is 19.2 Å². The molecular weight excluding hydrogens is 398 g/mol. The first-order valence-electron chi connectivity index (χ1n) is 9.85. The Morgan fingerprint density at radius 2 is 1.58 bits per heavy atom. The van der Waals surface area contributed by atoms with Gasteiger partial charge in [-0.05, 0) is 48.7 Å². The van der Waals surface area contributed by atoms with Crippen molar-refractivity contribution >= 4 is 29.4 Å². The van der Waals surface area contributed by atoms with Crippen molar-refractivity contribution in [3.05, 3.63) is 65.2 Å². The van der Waals surface area contributed by atoms with Gasteiger partial charge in [0.15, 0.2) is 0 Å². The van der Waals surface area contributed by atoms with E-state index in [1.807, 2.05) is 32.9 Å². The van der Waals surface area contributed by atoms with Crippen LogP contribution in [0.15, 0.2) is 48.5 Å². The molecule has 0 fully saturated rings. The van der Waals surface area contributed by atoms with E-state index in [-0.39, 0.29) is 24.3 Å². The van der Waals surface area contributed by atoms with Crippen LogP contribution in [0.1, 0.15) is 40.1 Å². The quantitative estimate of drug-likeness (QED) is 0.562. The van der Waals surface area contributed by atoms with Crippen molar-refractivity contribution < 1.29 is 23.9 Å². The van der Waals surface area contributed by atoms with Crippen LogP contribution in [0.4, 0.5) is 5.69 Å². The van der Waals surface area contributed by atoms with E-state index in [1.54, 1.807) is 24.3 Å². The van der Waals surface area contributed by atoms with Crippen LogP contribution in [0.3, 0.4) is 0 Å². The van der Waals surface area contributed by atoms with Crippen LogP contribution >= 0.6 is 0 Å². The summed E-state index contributed by atoms with van der Waals surface area (Å²) < 4.78 is 4.47. The van der Waals surface area contributed by atoms with Gasteiger partial charge in [0.25, 0.3) is 11.8 Å². The molecule has 8 heteroatoms. The molecule has 2 aromatic carbocycles. The first kappa shape index (κ1) is 23.6. The van der Waals surface area contributed by atoms with Gasteiger partial charge in [0.2, 0.25) is 5.91 Å². The Kier molecular flexibility index (Phi) is 8.31. The van der Waals surface area contributed by atoms with Gasteiger partial charge in [0.05, 0.1) is 7.11 Å². The van der Waals surface area contributed by atoms with E-state index in [1.165, 1.54) is 19.2 Å². The van der Waals surface area contributed by atoms with Crippen LogP contribution in [0.25, 0.3) is 0 Å². The molecule has 0 radical (unpaired) electrons. The molecule has 0 aliphatic rings. The average molecular weight is 425 g/mol. The van der Waals surface area contributed by atoms with E-state index in [4.69, 9.17) is 0 Å². The van der Waals surface area contributed by atoms with Crippen LogP contribution in [0, 0.1) is 12.8 Å². The summed E-state index contributed by atoms with van der Waals surface area (Å²) >= 11 is 0. The van der Waals surface area contributed by atoms with Crippen LogP contribution in [-0.4, -0.2) is 43.4 Å². The molecular formula is C23H27N3O5. The number of carbonyl (C=O) groups is 4. The number of methoxy groups -OCH3 is 1. The van der Waals surface area contributed by atoms with Crippen LogP contribution in [0.2, 0.25) is 0 Å². The fourth-order valence-corrected chi connectivity index (χ4v) is 2.83. The van der Waals surface area contributed by atoms with Crippen molar-refractivity contribution in [2.75, 3.05) is 19.0 Å². The molecule has 0 bridgehead atoms. The maximum absolute atomic E-state index is 12.8. The highest BCUT2D eigenvalue weighted by Crippen LogP contribution is 2.13. The fourth-order valence-electron chi connectivity index (χ4n) is 2.83. The van der Waals surface area contributed by atoms with Crippen molar-refractivity contribution in [2.24, 2.45) is 5.92 Å². The highest BCUT2D eigenvalue weighted by molar-refractivity contribution is 6.02. The van der Waals surface area contributed by atoms with Crippen molar-refractivity contribution in [2.45, 2.75) is 26.8 Å². The third kappa shape index (κ3) is 6.67. The molecule has 0 spiro atoms. The third-order valence-electron chi connectivity index (χ3n) is 4.66. The van der Waals surface area contributed by atoms with Gasteiger partial charge in [-0.25, -0.2) is 0 Å². The number of benzene rings is 2. The van der Waals surface area contributed by atoms with Gasteiger partial charge in [-0.15, -0.1) is 0 Å². The van der Waals surface area contributed by atoms with E-state index < -0.39 is 17.9 Å². The molecule has 3 amide bonds. The number of ether oxygens (including phenoxy) is 1. The lowest BCUT2D eigenvalue weighted by atomic mass is 10.0. The van der Waals surface area contributed by atoms with Crippen LogP contribution in [0.5, 0.6) is 0 Å². The Hall–Kier alpha value is -3.68. The Morgan fingerprint density at radius 3 is 2.16 bits per heavy atom. The molecule has 0 aliphatic carbocycles. The Bertz CT molecular complexity index is 954. The summed E-state index contributed by atoms with van der Waals surface area (Å²) in [5, 5.41) is 7.99. The summed E-state index contributed by atoms with van der Waals surface area (Å²) in [6.07, 6.45) is 0. The number of anilines is 1. The molecule has 0 aromatic heterocycles. The number of esters is 1. The monoisotopic (exact) mass is 425 g/mol. The molecule has 0 aliphatic heterocycles. The molecule has 31 heavy (non-hydrogen) atoms. The molecule has 2 rings (SSSR count). The summed E-state index contributed by atoms with van der Waals surface area (Å²) in [7, 11) is 1.24. The second kappa shape index (κ2) is 10.9. The highest BCUT2D eigenvalue weighted by Gasteiger charge is 2.25. The first-order valence-corrected chi connectivity index (χ1v) is 9.85. The SMILES string of the molecule is COC(=O)CNC(=O)c1ccc(NC(=O)[C@@H](NC(=O)c2ccccc2C)C(C)C)cc1. The number of nitrogens with one attached hydrogen (secondary N) is 3. The number of amides is 3. The molecule has 0 saturated heterocycles. The third-order valence-corrected chi connectivity index (χ3v) is 4.66. The second-order valence-corrected chi connectivity index (χ2v) is 7.34. The largest absolute Gasteiger partial charge is 0.468 e. The fraction of sp³-hybridized carbons (Fsp3) is 0.304. The van der Waals surface area contributed by atoms with Gasteiger partial charge >= 0.3 is 5.97 Å². The maximum atomic E-state index is 12.8. The van der Waals surface area contributed by atoms with Gasteiger partial charge in [0, 0.05) is 16.8 Å². The Labute approximate surface area is 181 Å². The topological polar surface area (TPSA) is 114 Å².